The molecule has 1 aromatic rings. The van der Waals surface area contributed by atoms with Crippen LogP contribution in [-0.2, 0) is 0 Å². The first kappa shape index (κ1) is 14.2. The van der Waals surface area contributed by atoms with Crippen molar-refractivity contribution in [1.29, 1.82) is 0 Å². The Morgan fingerprint density at radius 1 is 0.867 bits per heavy atom. The van der Waals surface area contributed by atoms with Crippen LogP contribution in [0.5, 0.6) is 0 Å². The van der Waals surface area contributed by atoms with Crippen LogP contribution in [0.15, 0.2) is 18.2 Å². The SMILES string of the molecule is Cc1cccc(C)[nH+]1.F[P-](F)(F)(F)(F)F. The van der Waals surface area contributed by atoms with Crippen molar-refractivity contribution in [2.24, 2.45) is 0 Å². The van der Waals surface area contributed by atoms with Gasteiger partial charge in [0.2, 0.25) is 0 Å². The number of rotatable bonds is 0. The molecule has 0 radical (unpaired) electrons. The Kier molecular flexibility index (Phi) is 3.15. The van der Waals surface area contributed by atoms with Crippen LogP contribution in [-0.4, -0.2) is 0 Å². The maximum absolute atomic E-state index is 10.7. The minimum atomic E-state index is -10.7. The summed E-state index contributed by atoms with van der Waals surface area (Å²) in [5.41, 5.74) is 2.43. The number of pyridine rings is 1. The van der Waals surface area contributed by atoms with Gasteiger partial charge < -0.3 is 0 Å². The van der Waals surface area contributed by atoms with Gasteiger partial charge in [-0.3, -0.25) is 0 Å². The van der Waals surface area contributed by atoms with E-state index in [4.69, 9.17) is 0 Å². The van der Waals surface area contributed by atoms with E-state index in [1.54, 1.807) is 0 Å². The molecule has 0 fully saturated rings. The first-order chi connectivity index (χ1) is 6.24. The van der Waals surface area contributed by atoms with Gasteiger partial charge in [0, 0.05) is 26.0 Å². The second-order valence-corrected chi connectivity index (χ2v) is 4.89. The van der Waals surface area contributed by atoms with Crippen LogP contribution in [0.1, 0.15) is 11.4 Å². The minimum absolute atomic E-state index is 1.21. The van der Waals surface area contributed by atoms with Gasteiger partial charge in [0.1, 0.15) is 0 Å². The van der Waals surface area contributed by atoms with E-state index in [0.717, 1.165) is 0 Å². The van der Waals surface area contributed by atoms with E-state index in [9.17, 15) is 25.2 Å². The molecule has 1 nitrogen and oxygen atoms in total. The van der Waals surface area contributed by atoms with Crippen LogP contribution in [0, 0.1) is 13.8 Å². The first-order valence-corrected chi connectivity index (χ1v) is 5.79. The molecular formula is C7H10F6NP. The Labute approximate surface area is 82.4 Å². The molecule has 0 bridgehead atoms. The van der Waals surface area contributed by atoms with Gasteiger partial charge >= 0.3 is 33.0 Å². The Bertz CT molecular complexity index is 314. The predicted octanol–water partition coefficient (Wildman–Crippen LogP) is 4.50. The second-order valence-electron chi connectivity index (χ2n) is 2.98. The van der Waals surface area contributed by atoms with Crippen LogP contribution in [0.2, 0.25) is 0 Å². The normalized spacial score (nSPS) is 15.7. The molecule has 0 atom stereocenters. The van der Waals surface area contributed by atoms with E-state index >= 15 is 0 Å². The van der Waals surface area contributed by atoms with Crippen molar-refractivity contribution in [3.8, 4) is 0 Å². The second kappa shape index (κ2) is 3.33. The molecule has 0 saturated carbocycles. The van der Waals surface area contributed by atoms with Gasteiger partial charge in [-0.05, 0) is 6.07 Å². The zero-order valence-electron chi connectivity index (χ0n) is 7.95. The molecule has 0 saturated heterocycles. The molecule has 1 heterocycles. The third-order valence-electron chi connectivity index (χ3n) is 1.09. The molecule has 0 aliphatic rings. The van der Waals surface area contributed by atoms with Crippen LogP contribution >= 0.6 is 7.81 Å². The summed E-state index contributed by atoms with van der Waals surface area (Å²) in [7, 11) is -10.7. The number of halogens is 6. The molecule has 1 aromatic heterocycles. The number of aryl methyl sites for hydroxylation is 2. The van der Waals surface area contributed by atoms with Crippen molar-refractivity contribution in [1.82, 2.24) is 0 Å². The average Bonchev–Trinajstić information content (AvgIpc) is 1.77. The first-order valence-electron chi connectivity index (χ1n) is 3.76. The number of H-pyrrole nitrogens is 1. The Morgan fingerprint density at radius 3 is 1.27 bits per heavy atom. The summed E-state index contributed by atoms with van der Waals surface area (Å²) in [6.07, 6.45) is 0. The molecule has 90 valence electrons. The van der Waals surface area contributed by atoms with Crippen molar-refractivity contribution < 1.29 is 30.2 Å². The number of hydrogen-bond acceptors (Lipinski definition) is 0. The molecule has 0 aliphatic carbocycles. The van der Waals surface area contributed by atoms with E-state index in [0.29, 0.717) is 0 Å². The summed E-state index contributed by atoms with van der Waals surface area (Å²) in [6.45, 7) is 4.10. The summed E-state index contributed by atoms with van der Waals surface area (Å²) >= 11 is 0. The third kappa shape index (κ3) is 19.5. The quantitative estimate of drug-likeness (QED) is 0.477. The molecule has 0 aliphatic heterocycles. The Balaban J connectivity index is 0.000000265. The molecule has 15 heavy (non-hydrogen) atoms. The fourth-order valence-corrected chi connectivity index (χ4v) is 0.731. The molecule has 0 aromatic carbocycles. The number of hydrogen-bond donors (Lipinski definition) is 0. The number of aromatic amines is 1. The Morgan fingerprint density at radius 2 is 1.13 bits per heavy atom. The van der Waals surface area contributed by atoms with Crippen molar-refractivity contribution in [3.63, 3.8) is 0 Å². The number of aromatic nitrogens is 1. The van der Waals surface area contributed by atoms with Gasteiger partial charge in [-0.15, -0.1) is 0 Å². The van der Waals surface area contributed by atoms with Crippen LogP contribution in [0.25, 0.3) is 0 Å². The summed E-state index contributed by atoms with van der Waals surface area (Å²) < 4.78 is 59.2. The zero-order valence-corrected chi connectivity index (χ0v) is 8.84. The zero-order chi connectivity index (χ0) is 12.4. The van der Waals surface area contributed by atoms with Crippen LogP contribution in [0.3, 0.4) is 0 Å². The van der Waals surface area contributed by atoms with E-state index in [-0.39, 0.29) is 0 Å². The summed E-state index contributed by atoms with van der Waals surface area (Å²) in [4.78, 5) is 3.17. The van der Waals surface area contributed by atoms with E-state index in [1.807, 2.05) is 32.0 Å². The van der Waals surface area contributed by atoms with E-state index < -0.39 is 7.81 Å². The third-order valence-corrected chi connectivity index (χ3v) is 1.09. The predicted molar refractivity (Wildman–Crippen MR) is 46.0 cm³/mol. The van der Waals surface area contributed by atoms with E-state index in [1.165, 1.54) is 11.4 Å². The summed E-state index contributed by atoms with van der Waals surface area (Å²) in [6, 6.07) is 6.14. The molecule has 0 spiro atoms. The molecule has 8 heteroatoms. The Hall–Kier alpha value is -0.840. The number of nitrogens with one attached hydrogen (secondary N) is 1. The molecular weight excluding hydrogens is 243 g/mol. The maximum atomic E-state index is 9.87. The average molecular weight is 253 g/mol. The van der Waals surface area contributed by atoms with Gasteiger partial charge in [0.25, 0.3) is 0 Å². The molecule has 1 N–H and O–H groups in total. The fraction of sp³-hybridized carbons (Fsp3) is 0.286. The standard InChI is InChI=1S/C7H9N.F6P/c1-6-4-3-5-7(2)8-6;1-7(2,3,4,5)6/h3-5H,1-2H3;/q;-1/p+1. The summed E-state index contributed by atoms with van der Waals surface area (Å²) in [5, 5.41) is 0. The topological polar surface area (TPSA) is 14.1 Å². The summed E-state index contributed by atoms with van der Waals surface area (Å²) in [5.74, 6) is 0. The van der Waals surface area contributed by atoms with Crippen molar-refractivity contribution >= 4 is 7.81 Å². The van der Waals surface area contributed by atoms with Gasteiger partial charge in [-0.25, -0.2) is 4.98 Å². The van der Waals surface area contributed by atoms with Gasteiger partial charge in [0.15, 0.2) is 11.4 Å². The van der Waals surface area contributed by atoms with Crippen LogP contribution < -0.4 is 4.98 Å². The van der Waals surface area contributed by atoms with E-state index in [2.05, 4.69) is 4.98 Å². The van der Waals surface area contributed by atoms with Gasteiger partial charge in [-0.1, -0.05) is 0 Å². The van der Waals surface area contributed by atoms with Crippen molar-refractivity contribution in [3.05, 3.63) is 29.6 Å². The molecule has 0 unspecified atom stereocenters. The van der Waals surface area contributed by atoms with Gasteiger partial charge in [-0.2, -0.15) is 0 Å². The van der Waals surface area contributed by atoms with Crippen LogP contribution in [0.4, 0.5) is 25.2 Å². The van der Waals surface area contributed by atoms with Gasteiger partial charge in [0.05, 0.1) is 0 Å². The van der Waals surface area contributed by atoms with Crippen molar-refractivity contribution in [2.75, 3.05) is 0 Å². The molecule has 0 amide bonds. The molecule has 1 rings (SSSR count). The monoisotopic (exact) mass is 253 g/mol. The van der Waals surface area contributed by atoms with Crippen molar-refractivity contribution in [2.45, 2.75) is 13.8 Å². The fourth-order valence-electron chi connectivity index (χ4n) is 0.731.